The number of hydrogen-bond donors (Lipinski definition) is 3. The number of anilines is 2. The van der Waals surface area contributed by atoms with Gasteiger partial charge in [-0.3, -0.25) is 0 Å². The SMILES string of the molecule is CN(C)C(=O)NCCNc1ncc(N)cc1Br. The molecule has 0 aliphatic heterocycles. The van der Waals surface area contributed by atoms with Gasteiger partial charge in [0.2, 0.25) is 0 Å². The molecular formula is C10H16BrN5O. The van der Waals surface area contributed by atoms with E-state index in [-0.39, 0.29) is 6.03 Å². The Kier molecular flexibility index (Phi) is 5.02. The molecule has 1 aromatic rings. The van der Waals surface area contributed by atoms with Gasteiger partial charge in [0, 0.05) is 27.2 Å². The average Bonchev–Trinajstić information content (AvgIpc) is 2.26. The van der Waals surface area contributed by atoms with E-state index in [1.54, 1.807) is 26.4 Å². The largest absolute Gasteiger partial charge is 0.397 e. The highest BCUT2D eigenvalue weighted by Crippen LogP contribution is 2.21. The highest BCUT2D eigenvalue weighted by molar-refractivity contribution is 9.10. The van der Waals surface area contributed by atoms with E-state index in [1.807, 2.05) is 0 Å². The summed E-state index contributed by atoms with van der Waals surface area (Å²) in [7, 11) is 3.39. The van der Waals surface area contributed by atoms with Gasteiger partial charge in [-0.1, -0.05) is 0 Å². The number of nitrogens with zero attached hydrogens (tertiary/aromatic N) is 2. The van der Waals surface area contributed by atoms with Gasteiger partial charge < -0.3 is 21.3 Å². The fraction of sp³-hybridized carbons (Fsp3) is 0.400. The lowest BCUT2D eigenvalue weighted by Crippen LogP contribution is -2.37. The van der Waals surface area contributed by atoms with Crippen LogP contribution in [0.4, 0.5) is 16.3 Å². The van der Waals surface area contributed by atoms with Gasteiger partial charge in [-0.15, -0.1) is 0 Å². The summed E-state index contributed by atoms with van der Waals surface area (Å²) in [5.74, 6) is 0.707. The number of rotatable bonds is 4. The first-order valence-corrected chi connectivity index (χ1v) is 5.90. The molecule has 0 saturated carbocycles. The van der Waals surface area contributed by atoms with E-state index in [1.165, 1.54) is 4.90 Å². The van der Waals surface area contributed by atoms with Gasteiger partial charge in [-0.2, -0.15) is 0 Å². The van der Waals surface area contributed by atoms with Crippen molar-refractivity contribution in [3.05, 3.63) is 16.7 Å². The molecule has 0 saturated heterocycles. The maximum atomic E-state index is 11.2. The predicted molar refractivity (Wildman–Crippen MR) is 71.9 cm³/mol. The molecule has 0 spiro atoms. The summed E-state index contributed by atoms with van der Waals surface area (Å²) >= 11 is 3.35. The van der Waals surface area contributed by atoms with Crippen LogP contribution in [0.2, 0.25) is 0 Å². The summed E-state index contributed by atoms with van der Waals surface area (Å²) in [5, 5.41) is 5.83. The molecule has 0 aliphatic carbocycles. The topological polar surface area (TPSA) is 83.3 Å². The lowest BCUT2D eigenvalue weighted by Gasteiger charge is -2.12. The van der Waals surface area contributed by atoms with Crippen LogP contribution in [0.5, 0.6) is 0 Å². The number of carbonyl (C=O) groups is 1. The summed E-state index contributed by atoms with van der Waals surface area (Å²) in [5.41, 5.74) is 6.17. The number of amides is 2. The zero-order valence-electron chi connectivity index (χ0n) is 9.83. The second-order valence-corrected chi connectivity index (χ2v) is 4.51. The minimum atomic E-state index is -0.115. The molecule has 6 nitrogen and oxygen atoms in total. The quantitative estimate of drug-likeness (QED) is 0.728. The molecule has 0 aliphatic rings. The van der Waals surface area contributed by atoms with E-state index in [4.69, 9.17) is 5.73 Å². The molecule has 0 fully saturated rings. The molecule has 17 heavy (non-hydrogen) atoms. The number of aromatic nitrogens is 1. The summed E-state index contributed by atoms with van der Waals surface area (Å²) in [6, 6.07) is 1.66. The molecule has 1 rings (SSSR count). The van der Waals surface area contributed by atoms with Crippen molar-refractivity contribution < 1.29 is 4.79 Å². The van der Waals surface area contributed by atoms with Crippen molar-refractivity contribution in [2.24, 2.45) is 0 Å². The molecule has 94 valence electrons. The lowest BCUT2D eigenvalue weighted by molar-refractivity contribution is 0.218. The molecular weight excluding hydrogens is 286 g/mol. The van der Waals surface area contributed by atoms with Crippen LogP contribution in [0.25, 0.3) is 0 Å². The van der Waals surface area contributed by atoms with Crippen LogP contribution in [0.15, 0.2) is 16.7 Å². The maximum Gasteiger partial charge on any atom is 0.316 e. The van der Waals surface area contributed by atoms with Crippen molar-refractivity contribution >= 4 is 33.5 Å². The maximum absolute atomic E-state index is 11.2. The van der Waals surface area contributed by atoms with E-state index >= 15 is 0 Å². The second kappa shape index (κ2) is 6.29. The molecule has 4 N–H and O–H groups in total. The van der Waals surface area contributed by atoms with Crippen molar-refractivity contribution in [1.82, 2.24) is 15.2 Å². The van der Waals surface area contributed by atoms with Gasteiger partial charge >= 0.3 is 6.03 Å². The minimum Gasteiger partial charge on any atom is -0.397 e. The van der Waals surface area contributed by atoms with E-state index < -0.39 is 0 Å². The van der Waals surface area contributed by atoms with Crippen LogP contribution < -0.4 is 16.4 Å². The second-order valence-electron chi connectivity index (χ2n) is 3.65. The molecule has 0 aromatic carbocycles. The fourth-order valence-electron chi connectivity index (χ4n) is 1.09. The third-order valence-electron chi connectivity index (χ3n) is 1.96. The number of carbonyl (C=O) groups excluding carboxylic acids is 1. The number of nitrogen functional groups attached to an aromatic ring is 1. The first-order chi connectivity index (χ1) is 8.00. The number of nitrogens with one attached hydrogen (secondary N) is 2. The Morgan fingerprint density at radius 3 is 2.82 bits per heavy atom. The summed E-state index contributed by atoms with van der Waals surface area (Å²) in [6.45, 7) is 1.12. The van der Waals surface area contributed by atoms with Crippen LogP contribution in [-0.2, 0) is 0 Å². The van der Waals surface area contributed by atoms with Crippen LogP contribution >= 0.6 is 15.9 Å². The van der Waals surface area contributed by atoms with E-state index in [0.29, 0.717) is 24.6 Å². The number of hydrogen-bond acceptors (Lipinski definition) is 4. The van der Waals surface area contributed by atoms with E-state index in [0.717, 1.165) is 4.47 Å². The Hall–Kier alpha value is -1.50. The molecule has 1 aromatic heterocycles. The molecule has 0 unspecified atom stereocenters. The third kappa shape index (κ3) is 4.48. The van der Waals surface area contributed by atoms with Crippen LogP contribution in [0.1, 0.15) is 0 Å². The fourth-order valence-corrected chi connectivity index (χ4v) is 1.60. The van der Waals surface area contributed by atoms with Gasteiger partial charge in [0.25, 0.3) is 0 Å². The molecule has 0 radical (unpaired) electrons. The Labute approximate surface area is 109 Å². The highest BCUT2D eigenvalue weighted by atomic mass is 79.9. The standard InChI is InChI=1S/C10H16BrN5O/c1-16(2)10(17)14-4-3-13-9-8(11)5-7(12)6-15-9/h5-6H,3-4,12H2,1-2H3,(H,13,15)(H,14,17). The number of halogens is 1. The predicted octanol–water partition coefficient (Wildman–Crippen LogP) is 1.11. The summed E-state index contributed by atoms with van der Waals surface area (Å²) in [4.78, 5) is 16.8. The molecule has 2 amide bonds. The van der Waals surface area contributed by atoms with Crippen LogP contribution in [0.3, 0.4) is 0 Å². The number of urea groups is 1. The zero-order chi connectivity index (χ0) is 12.8. The zero-order valence-corrected chi connectivity index (χ0v) is 11.4. The van der Waals surface area contributed by atoms with Gasteiger partial charge in [0.05, 0.1) is 16.4 Å². The van der Waals surface area contributed by atoms with Gasteiger partial charge in [0.1, 0.15) is 5.82 Å². The van der Waals surface area contributed by atoms with E-state index in [2.05, 4.69) is 31.5 Å². The Bertz CT molecular complexity index is 396. The normalized spacial score (nSPS) is 9.82. The van der Waals surface area contributed by atoms with Crippen LogP contribution in [-0.4, -0.2) is 43.1 Å². The van der Waals surface area contributed by atoms with Crippen molar-refractivity contribution in [3.63, 3.8) is 0 Å². The van der Waals surface area contributed by atoms with Gasteiger partial charge in [0.15, 0.2) is 0 Å². The molecule has 0 atom stereocenters. The lowest BCUT2D eigenvalue weighted by atomic mass is 10.4. The summed E-state index contributed by atoms with van der Waals surface area (Å²) in [6.07, 6.45) is 1.57. The highest BCUT2D eigenvalue weighted by Gasteiger charge is 2.03. The number of nitrogens with two attached hydrogens (primary N) is 1. The van der Waals surface area contributed by atoms with Crippen molar-refractivity contribution in [3.8, 4) is 0 Å². The van der Waals surface area contributed by atoms with Crippen LogP contribution in [0, 0.1) is 0 Å². The summed E-state index contributed by atoms with van der Waals surface area (Å²) < 4.78 is 0.802. The van der Waals surface area contributed by atoms with Crippen molar-refractivity contribution in [2.75, 3.05) is 38.2 Å². The monoisotopic (exact) mass is 301 g/mol. The molecule has 1 heterocycles. The number of pyridine rings is 1. The molecule has 7 heteroatoms. The Balaban J connectivity index is 2.34. The minimum absolute atomic E-state index is 0.115. The Morgan fingerprint density at radius 1 is 1.53 bits per heavy atom. The van der Waals surface area contributed by atoms with Crippen molar-refractivity contribution in [2.45, 2.75) is 0 Å². The first-order valence-electron chi connectivity index (χ1n) is 5.10. The third-order valence-corrected chi connectivity index (χ3v) is 2.57. The first kappa shape index (κ1) is 13.6. The smallest absolute Gasteiger partial charge is 0.316 e. The molecule has 0 bridgehead atoms. The van der Waals surface area contributed by atoms with Crippen molar-refractivity contribution in [1.29, 1.82) is 0 Å². The Morgan fingerprint density at radius 2 is 2.24 bits per heavy atom. The van der Waals surface area contributed by atoms with Gasteiger partial charge in [-0.25, -0.2) is 9.78 Å². The van der Waals surface area contributed by atoms with Gasteiger partial charge in [-0.05, 0) is 22.0 Å². The van der Waals surface area contributed by atoms with E-state index in [9.17, 15) is 4.79 Å². The average molecular weight is 302 g/mol.